The van der Waals surface area contributed by atoms with Gasteiger partial charge in [0.25, 0.3) is 0 Å². The molecule has 0 saturated carbocycles. The highest BCUT2D eigenvalue weighted by molar-refractivity contribution is 7.89. The van der Waals surface area contributed by atoms with E-state index in [1.54, 1.807) is 47.0 Å². The highest BCUT2D eigenvalue weighted by atomic mass is 32.2. The van der Waals surface area contributed by atoms with Crippen LogP contribution in [0.2, 0.25) is 0 Å². The smallest absolute Gasteiger partial charge is 0.213 e. The summed E-state index contributed by atoms with van der Waals surface area (Å²) in [5.41, 5.74) is 2.45. The first kappa shape index (κ1) is 27.0. The molecule has 0 N–H and O–H groups in total. The van der Waals surface area contributed by atoms with Gasteiger partial charge in [0.15, 0.2) is 15.7 Å². The van der Waals surface area contributed by atoms with Crippen molar-refractivity contribution in [1.29, 1.82) is 0 Å². The number of rotatable bonds is 10. The molecule has 3 heterocycles. The third-order valence-corrected chi connectivity index (χ3v) is 7.52. The monoisotopic (exact) mass is 563 g/mol. The van der Waals surface area contributed by atoms with Crippen LogP contribution in [0.3, 0.4) is 0 Å². The molecule has 5 rings (SSSR count). The Kier molecular flexibility index (Phi) is 7.60. The van der Waals surface area contributed by atoms with Gasteiger partial charge in [-0.15, -0.1) is 5.10 Å². The van der Waals surface area contributed by atoms with Crippen molar-refractivity contribution in [2.24, 2.45) is 0 Å². The zero-order valence-electron chi connectivity index (χ0n) is 22.0. The third kappa shape index (κ3) is 5.57. The lowest BCUT2D eigenvalue weighted by molar-refractivity contribution is 0.327. The maximum atomic E-state index is 13.3. The van der Waals surface area contributed by atoms with Gasteiger partial charge in [0, 0.05) is 6.07 Å². The summed E-state index contributed by atoms with van der Waals surface area (Å²) < 4.78 is 58.0. The van der Waals surface area contributed by atoms with E-state index in [4.69, 9.17) is 19.2 Å². The second-order valence-corrected chi connectivity index (χ2v) is 10.8. The van der Waals surface area contributed by atoms with Gasteiger partial charge in [0.05, 0.1) is 43.5 Å². The maximum Gasteiger partial charge on any atom is 0.213 e. The molecule has 206 valence electrons. The normalized spacial score (nSPS) is 11.5. The SMILES string of the molecule is CCOc1cccc(-c2nc3nnc(CS(=O)(=O)Cc4ccc(F)cc4)cc3n2-c2c(OC)cccc2OC)n1. The number of methoxy groups -OCH3 is 2. The van der Waals surface area contributed by atoms with Crippen LogP contribution in [0.25, 0.3) is 28.4 Å². The van der Waals surface area contributed by atoms with E-state index in [9.17, 15) is 12.8 Å². The van der Waals surface area contributed by atoms with Crippen molar-refractivity contribution in [1.82, 2.24) is 24.7 Å². The molecule has 10 nitrogen and oxygen atoms in total. The summed E-state index contributed by atoms with van der Waals surface area (Å²) >= 11 is 0. The molecule has 3 aromatic heterocycles. The Morgan fingerprint density at radius 2 is 1.57 bits per heavy atom. The fourth-order valence-corrected chi connectivity index (χ4v) is 5.72. The van der Waals surface area contributed by atoms with Crippen LogP contribution in [-0.4, -0.2) is 54.0 Å². The molecule has 0 radical (unpaired) electrons. The minimum Gasteiger partial charge on any atom is -0.494 e. The van der Waals surface area contributed by atoms with Gasteiger partial charge in [-0.3, -0.25) is 4.57 Å². The van der Waals surface area contributed by atoms with Gasteiger partial charge in [-0.1, -0.05) is 24.3 Å². The van der Waals surface area contributed by atoms with Gasteiger partial charge in [-0.2, -0.15) is 5.10 Å². The van der Waals surface area contributed by atoms with E-state index in [0.717, 1.165) is 0 Å². The molecule has 0 bridgehead atoms. The number of aromatic nitrogens is 5. The number of pyridine rings is 1. The van der Waals surface area contributed by atoms with Crippen molar-refractivity contribution in [3.8, 4) is 34.6 Å². The predicted molar refractivity (Wildman–Crippen MR) is 147 cm³/mol. The fraction of sp³-hybridized carbons (Fsp3) is 0.214. The van der Waals surface area contributed by atoms with Crippen molar-refractivity contribution in [3.05, 3.63) is 83.8 Å². The number of benzene rings is 2. The Balaban J connectivity index is 1.66. The molecule has 40 heavy (non-hydrogen) atoms. The van der Waals surface area contributed by atoms with Crippen LogP contribution in [0.1, 0.15) is 18.2 Å². The summed E-state index contributed by atoms with van der Waals surface area (Å²) in [5.74, 6) is 0.714. The molecule has 0 unspecified atom stereocenters. The number of ether oxygens (including phenoxy) is 3. The highest BCUT2D eigenvalue weighted by Crippen LogP contribution is 2.38. The molecule has 5 aromatic rings. The Bertz CT molecular complexity index is 1750. The summed E-state index contributed by atoms with van der Waals surface area (Å²) in [6.07, 6.45) is 0. The largest absolute Gasteiger partial charge is 0.494 e. The fourth-order valence-electron chi connectivity index (χ4n) is 4.32. The Hall–Kier alpha value is -4.58. The van der Waals surface area contributed by atoms with Gasteiger partial charge < -0.3 is 14.2 Å². The zero-order chi connectivity index (χ0) is 28.3. The first-order valence-corrected chi connectivity index (χ1v) is 14.2. The summed E-state index contributed by atoms with van der Waals surface area (Å²) in [5, 5.41) is 8.40. The van der Waals surface area contributed by atoms with E-state index < -0.39 is 15.7 Å². The van der Waals surface area contributed by atoms with E-state index in [0.29, 0.717) is 52.3 Å². The average Bonchev–Trinajstić information content (AvgIpc) is 3.32. The number of para-hydroxylation sites is 1. The topological polar surface area (TPSA) is 118 Å². The lowest BCUT2D eigenvalue weighted by atomic mass is 10.2. The van der Waals surface area contributed by atoms with Crippen LogP contribution in [0, 0.1) is 5.82 Å². The number of fused-ring (bicyclic) bond motifs is 1. The van der Waals surface area contributed by atoms with Crippen molar-refractivity contribution >= 4 is 21.0 Å². The number of hydrogen-bond donors (Lipinski definition) is 0. The molecular weight excluding hydrogens is 537 g/mol. The number of sulfone groups is 1. The van der Waals surface area contributed by atoms with Crippen LogP contribution in [-0.2, 0) is 21.3 Å². The number of halogens is 1. The predicted octanol–water partition coefficient (Wildman–Crippen LogP) is 4.55. The van der Waals surface area contributed by atoms with E-state index in [-0.39, 0.29) is 22.8 Å². The molecular formula is C28H26FN5O5S. The van der Waals surface area contributed by atoms with Crippen LogP contribution in [0.15, 0.2) is 66.7 Å². The molecule has 12 heteroatoms. The summed E-state index contributed by atoms with van der Waals surface area (Å²) in [6.45, 7) is 2.30. The zero-order valence-corrected chi connectivity index (χ0v) is 22.9. The number of imidazole rings is 1. The molecule has 2 aromatic carbocycles. The number of hydrogen-bond acceptors (Lipinski definition) is 9. The molecule has 0 aliphatic carbocycles. The quantitative estimate of drug-likeness (QED) is 0.241. The summed E-state index contributed by atoms with van der Waals surface area (Å²) in [4.78, 5) is 9.30. The van der Waals surface area contributed by atoms with Crippen LogP contribution in [0.5, 0.6) is 17.4 Å². The maximum absolute atomic E-state index is 13.3. The van der Waals surface area contributed by atoms with Gasteiger partial charge in [0.2, 0.25) is 11.5 Å². The van der Waals surface area contributed by atoms with Gasteiger partial charge in [0.1, 0.15) is 28.7 Å². The first-order chi connectivity index (χ1) is 19.3. The van der Waals surface area contributed by atoms with Crippen molar-refractivity contribution < 1.29 is 27.0 Å². The molecule has 0 aliphatic heterocycles. The molecule has 0 saturated heterocycles. The van der Waals surface area contributed by atoms with Crippen LogP contribution >= 0.6 is 0 Å². The molecule has 0 aliphatic rings. The minimum atomic E-state index is -3.66. The van der Waals surface area contributed by atoms with E-state index >= 15 is 0 Å². The van der Waals surface area contributed by atoms with Crippen molar-refractivity contribution in [2.75, 3.05) is 20.8 Å². The standard InChI is InChI=1S/C28H26FN5O5S/c1-4-39-25-10-5-7-21(30-25)28-31-27-22(34(28)26-23(37-2)8-6-9-24(26)38-3)15-20(32-33-27)17-40(35,36)16-18-11-13-19(29)14-12-18/h5-15H,4,16-17H2,1-3H3. The minimum absolute atomic E-state index is 0.215. The lowest BCUT2D eigenvalue weighted by Crippen LogP contribution is -2.10. The van der Waals surface area contributed by atoms with E-state index in [1.165, 1.54) is 38.5 Å². The van der Waals surface area contributed by atoms with E-state index in [2.05, 4.69) is 15.2 Å². The van der Waals surface area contributed by atoms with Crippen LogP contribution in [0.4, 0.5) is 4.39 Å². The summed E-state index contributed by atoms with van der Waals surface area (Å²) in [7, 11) is -0.583. The molecule has 0 amide bonds. The second kappa shape index (κ2) is 11.3. The molecule has 0 atom stereocenters. The Morgan fingerprint density at radius 3 is 2.25 bits per heavy atom. The van der Waals surface area contributed by atoms with Gasteiger partial charge in [-0.25, -0.2) is 22.8 Å². The second-order valence-electron chi connectivity index (χ2n) is 8.78. The Morgan fingerprint density at radius 1 is 0.875 bits per heavy atom. The highest BCUT2D eigenvalue weighted by Gasteiger charge is 2.24. The van der Waals surface area contributed by atoms with E-state index in [1.807, 2.05) is 6.92 Å². The lowest BCUT2D eigenvalue weighted by Gasteiger charge is -2.17. The van der Waals surface area contributed by atoms with Crippen molar-refractivity contribution in [2.45, 2.75) is 18.4 Å². The van der Waals surface area contributed by atoms with Crippen molar-refractivity contribution in [3.63, 3.8) is 0 Å². The summed E-state index contributed by atoms with van der Waals surface area (Å²) in [6, 6.07) is 17.6. The average molecular weight is 564 g/mol. The van der Waals surface area contributed by atoms with Crippen LogP contribution < -0.4 is 14.2 Å². The number of nitrogens with zero attached hydrogens (tertiary/aromatic N) is 5. The first-order valence-electron chi connectivity index (χ1n) is 12.3. The third-order valence-electron chi connectivity index (χ3n) is 6.01. The van der Waals surface area contributed by atoms with Gasteiger partial charge >= 0.3 is 0 Å². The molecule has 0 spiro atoms. The molecule has 0 fully saturated rings. The van der Waals surface area contributed by atoms with Gasteiger partial charge in [-0.05, 0) is 48.9 Å². The Labute approximate surface area is 230 Å².